The molecule has 4 nitrogen and oxygen atoms in total. The van der Waals surface area contributed by atoms with Gasteiger partial charge in [0.1, 0.15) is 12.4 Å². The summed E-state index contributed by atoms with van der Waals surface area (Å²) in [7, 11) is 0. The largest absolute Gasteiger partial charge is 0.489 e. The fraction of sp³-hybridized carbons (Fsp3) is 0.278. The summed E-state index contributed by atoms with van der Waals surface area (Å²) >= 11 is 0. The number of anilines is 1. The third kappa shape index (κ3) is 5.57. The molecule has 146 valence electrons. The summed E-state index contributed by atoms with van der Waals surface area (Å²) in [5.41, 5.74) is -0.184. The maximum Gasteiger partial charge on any atom is 0.418 e. The summed E-state index contributed by atoms with van der Waals surface area (Å²) in [5.74, 6) is 0.444. The molecule has 0 aliphatic heterocycles. The molecule has 1 N–H and O–H groups in total. The van der Waals surface area contributed by atoms with Gasteiger partial charge in [-0.05, 0) is 31.5 Å². The minimum absolute atomic E-state index is 0.0454. The third-order valence-corrected chi connectivity index (χ3v) is 3.59. The van der Waals surface area contributed by atoms with E-state index in [1.165, 1.54) is 6.07 Å². The highest BCUT2D eigenvalue weighted by Crippen LogP contribution is 2.37. The van der Waals surface area contributed by atoms with E-state index in [1.54, 1.807) is 24.4 Å². The summed E-state index contributed by atoms with van der Waals surface area (Å²) in [6.07, 6.45) is -6.52. The van der Waals surface area contributed by atoms with Crippen molar-refractivity contribution in [3.63, 3.8) is 0 Å². The van der Waals surface area contributed by atoms with Crippen LogP contribution in [0, 0.1) is 13.8 Å². The number of halogens is 5. The van der Waals surface area contributed by atoms with E-state index in [2.05, 4.69) is 4.74 Å². The Morgan fingerprint density at radius 1 is 1.15 bits per heavy atom. The van der Waals surface area contributed by atoms with Gasteiger partial charge in [0.2, 0.25) is 0 Å². The van der Waals surface area contributed by atoms with Crippen molar-refractivity contribution in [2.24, 2.45) is 0 Å². The first-order chi connectivity index (χ1) is 12.6. The Kier molecular flexibility index (Phi) is 6.24. The van der Waals surface area contributed by atoms with Gasteiger partial charge in [-0.15, -0.1) is 0 Å². The molecule has 0 bridgehead atoms. The molecule has 9 heteroatoms. The van der Waals surface area contributed by atoms with Crippen LogP contribution in [0.4, 0.5) is 32.4 Å². The van der Waals surface area contributed by atoms with Crippen LogP contribution in [0.2, 0.25) is 0 Å². The van der Waals surface area contributed by atoms with E-state index < -0.39 is 30.1 Å². The van der Waals surface area contributed by atoms with Crippen LogP contribution in [0.5, 0.6) is 5.75 Å². The Hall–Kier alpha value is -2.84. The fourth-order valence-electron chi connectivity index (χ4n) is 2.43. The maximum atomic E-state index is 13.2. The second kappa shape index (κ2) is 8.24. The van der Waals surface area contributed by atoms with Gasteiger partial charge in [-0.1, -0.05) is 29.8 Å². The lowest BCUT2D eigenvalue weighted by molar-refractivity contribution is -0.137. The maximum absolute atomic E-state index is 13.2. The van der Waals surface area contributed by atoms with Crippen LogP contribution in [-0.4, -0.2) is 12.7 Å². The average Bonchev–Trinajstić information content (AvgIpc) is 2.53. The predicted molar refractivity (Wildman–Crippen MR) is 87.8 cm³/mol. The lowest BCUT2D eigenvalue weighted by Crippen LogP contribution is -2.21. The van der Waals surface area contributed by atoms with Gasteiger partial charge in [0.15, 0.2) is 0 Å². The minimum atomic E-state index is -4.82. The first-order valence-electron chi connectivity index (χ1n) is 7.73. The number of amides is 1. The second-order valence-corrected chi connectivity index (χ2v) is 5.69. The zero-order chi connectivity index (χ0) is 20.2. The quantitative estimate of drug-likeness (QED) is 0.670. The lowest BCUT2D eigenvalue weighted by Gasteiger charge is -2.18. The van der Waals surface area contributed by atoms with Gasteiger partial charge in [0, 0.05) is 5.56 Å². The number of ether oxygens (including phenoxy) is 2. The molecule has 0 saturated carbocycles. The molecule has 2 aromatic carbocycles. The van der Waals surface area contributed by atoms with E-state index in [9.17, 15) is 26.7 Å². The highest BCUT2D eigenvalue weighted by Gasteiger charge is 2.35. The number of hydrogen-bond donors (Lipinski definition) is 1. The van der Waals surface area contributed by atoms with Crippen LogP contribution in [0.25, 0.3) is 0 Å². The van der Waals surface area contributed by atoms with Gasteiger partial charge in [0.25, 0.3) is 0 Å². The van der Waals surface area contributed by atoms with Gasteiger partial charge >= 0.3 is 18.9 Å². The van der Waals surface area contributed by atoms with Crippen molar-refractivity contribution >= 4 is 11.8 Å². The highest BCUT2D eigenvalue weighted by atomic mass is 19.4. The molecule has 0 aliphatic carbocycles. The van der Waals surface area contributed by atoms with Crippen molar-refractivity contribution in [2.75, 3.05) is 5.32 Å². The predicted octanol–water partition coefficient (Wildman–Crippen LogP) is 5.67. The topological polar surface area (TPSA) is 47.6 Å². The molecule has 0 aromatic heterocycles. The number of benzene rings is 2. The number of aryl methyl sites for hydroxylation is 2. The fourth-order valence-corrected chi connectivity index (χ4v) is 2.43. The summed E-state index contributed by atoms with van der Waals surface area (Å²) in [6, 6.07) is 8.41. The highest BCUT2D eigenvalue weighted by molar-refractivity contribution is 5.87. The number of para-hydroxylation sites is 1. The number of rotatable bonds is 5. The number of alkyl halides is 5. The van der Waals surface area contributed by atoms with Gasteiger partial charge in [-0.3, -0.25) is 5.32 Å². The number of carbonyl (C=O) groups is 1. The SMILES string of the molecule is Cc1ccc(OCc2cccc(C(F)(F)F)c2NC(=O)OC(F)F)c(C)c1. The molecule has 2 rings (SSSR count). The van der Waals surface area contributed by atoms with Crippen molar-refractivity contribution in [1.29, 1.82) is 0 Å². The Labute approximate surface area is 151 Å². The summed E-state index contributed by atoms with van der Waals surface area (Å²) < 4.78 is 73.1. The van der Waals surface area contributed by atoms with E-state index in [-0.39, 0.29) is 12.2 Å². The molecular formula is C18H16F5NO3. The standard InChI is InChI=1S/C18H16F5NO3/c1-10-6-7-14(11(2)8-10)26-9-12-4-3-5-13(18(21,22)23)15(12)24-17(25)27-16(19)20/h3-8,16H,9H2,1-2H3,(H,24,25). The summed E-state index contributed by atoms with van der Waals surface area (Å²) in [6.45, 7) is -0.135. The molecular weight excluding hydrogens is 373 g/mol. The number of nitrogens with one attached hydrogen (secondary N) is 1. The third-order valence-electron chi connectivity index (χ3n) is 3.59. The molecule has 27 heavy (non-hydrogen) atoms. The Morgan fingerprint density at radius 3 is 2.44 bits per heavy atom. The molecule has 1 amide bonds. The van der Waals surface area contributed by atoms with Crippen LogP contribution in [0.3, 0.4) is 0 Å². The monoisotopic (exact) mass is 389 g/mol. The first-order valence-corrected chi connectivity index (χ1v) is 7.73. The van der Waals surface area contributed by atoms with Crippen molar-refractivity contribution in [3.8, 4) is 5.75 Å². The van der Waals surface area contributed by atoms with E-state index in [0.29, 0.717) is 5.75 Å². The second-order valence-electron chi connectivity index (χ2n) is 5.69. The van der Waals surface area contributed by atoms with Gasteiger partial charge in [-0.2, -0.15) is 22.0 Å². The smallest absolute Gasteiger partial charge is 0.418 e. The minimum Gasteiger partial charge on any atom is -0.489 e. The average molecular weight is 389 g/mol. The number of carbonyl (C=O) groups excluding carboxylic acids is 1. The van der Waals surface area contributed by atoms with E-state index in [1.807, 2.05) is 13.0 Å². The Bertz CT molecular complexity index is 821. The van der Waals surface area contributed by atoms with Crippen LogP contribution >= 0.6 is 0 Å². The normalized spacial score (nSPS) is 11.4. The van der Waals surface area contributed by atoms with Crippen LogP contribution in [0.15, 0.2) is 36.4 Å². The van der Waals surface area contributed by atoms with E-state index in [4.69, 9.17) is 4.74 Å². The Balaban J connectivity index is 2.32. The molecule has 0 radical (unpaired) electrons. The van der Waals surface area contributed by atoms with Crippen molar-refractivity contribution < 1.29 is 36.2 Å². The van der Waals surface area contributed by atoms with E-state index in [0.717, 1.165) is 23.3 Å². The molecule has 0 unspecified atom stereocenters. The van der Waals surface area contributed by atoms with Gasteiger partial charge in [-0.25, -0.2) is 4.79 Å². The lowest BCUT2D eigenvalue weighted by atomic mass is 10.1. The van der Waals surface area contributed by atoms with Crippen molar-refractivity contribution in [2.45, 2.75) is 33.2 Å². The van der Waals surface area contributed by atoms with E-state index >= 15 is 0 Å². The number of hydrogen-bond acceptors (Lipinski definition) is 3. The van der Waals surface area contributed by atoms with Crippen molar-refractivity contribution in [1.82, 2.24) is 0 Å². The van der Waals surface area contributed by atoms with Gasteiger partial charge in [0.05, 0.1) is 11.3 Å². The molecule has 0 spiro atoms. The summed E-state index contributed by atoms with van der Waals surface area (Å²) in [4.78, 5) is 11.4. The molecule has 0 fully saturated rings. The zero-order valence-corrected chi connectivity index (χ0v) is 14.4. The van der Waals surface area contributed by atoms with Crippen LogP contribution in [0.1, 0.15) is 22.3 Å². The molecule has 0 saturated heterocycles. The first kappa shape index (κ1) is 20.5. The van der Waals surface area contributed by atoms with Crippen LogP contribution < -0.4 is 10.1 Å². The molecule has 0 atom stereocenters. The molecule has 0 heterocycles. The summed E-state index contributed by atoms with van der Waals surface area (Å²) in [5, 5.41) is 1.74. The molecule has 0 aliphatic rings. The van der Waals surface area contributed by atoms with Gasteiger partial charge < -0.3 is 9.47 Å². The van der Waals surface area contributed by atoms with Crippen molar-refractivity contribution in [3.05, 3.63) is 58.7 Å². The molecule has 2 aromatic rings. The Morgan fingerprint density at radius 2 is 1.85 bits per heavy atom. The zero-order valence-electron chi connectivity index (χ0n) is 14.4. The van der Waals surface area contributed by atoms with Crippen LogP contribution in [-0.2, 0) is 17.5 Å².